The minimum absolute atomic E-state index is 0.00389. The molecule has 5 N–H and O–H groups in total. The number of carbonyl (C=O) groups excluding carboxylic acids is 5. The van der Waals surface area contributed by atoms with Crippen molar-refractivity contribution in [2.45, 2.75) is 57.4 Å². The third kappa shape index (κ3) is 11.5. The van der Waals surface area contributed by atoms with Crippen molar-refractivity contribution >= 4 is 41.4 Å². The summed E-state index contributed by atoms with van der Waals surface area (Å²) in [4.78, 5) is 73.6. The number of amides is 5. The molecule has 2 rings (SSSR count). The summed E-state index contributed by atoms with van der Waals surface area (Å²) in [6.45, 7) is -0.842. The van der Waals surface area contributed by atoms with Crippen molar-refractivity contribution in [3.05, 3.63) is 24.0 Å². The van der Waals surface area contributed by atoms with E-state index < -0.39 is 91.4 Å². The number of anilines is 1. The summed E-state index contributed by atoms with van der Waals surface area (Å²) in [5, 5.41) is 16.9. The van der Waals surface area contributed by atoms with Crippen LogP contribution in [0.15, 0.2) is 18.2 Å². The van der Waals surface area contributed by atoms with Gasteiger partial charge >= 0.3 is 24.2 Å². The summed E-state index contributed by atoms with van der Waals surface area (Å²) in [6.07, 6.45) is -8.15. The predicted octanol–water partition coefficient (Wildman–Crippen LogP) is 1.47. The summed E-state index contributed by atoms with van der Waals surface area (Å²) < 4.78 is 88.5. The number of carboxylic acid groups (broad SMARTS) is 1. The van der Waals surface area contributed by atoms with E-state index in [9.17, 15) is 55.1 Å². The van der Waals surface area contributed by atoms with E-state index in [0.29, 0.717) is 0 Å². The fraction of sp³-hybridized carbons (Fsp3) is 0.556. The second-order valence-electron chi connectivity index (χ2n) is 10.2. The van der Waals surface area contributed by atoms with Gasteiger partial charge in [0.1, 0.15) is 36.2 Å². The van der Waals surface area contributed by atoms with E-state index in [1.807, 2.05) is 0 Å². The van der Waals surface area contributed by atoms with E-state index in [4.69, 9.17) is 14.6 Å². The average molecular weight is 686 g/mol. The average Bonchev–Trinajstić information content (AvgIpc) is 3.06. The number of nitrogens with zero attached hydrogens (tertiary/aromatic N) is 1. The Kier molecular flexibility index (Phi) is 13.6. The summed E-state index contributed by atoms with van der Waals surface area (Å²) in [5.74, 6) is -13.0. The Bertz CT molecular complexity index is 1330. The molecule has 1 aromatic rings. The van der Waals surface area contributed by atoms with Gasteiger partial charge in [0.05, 0.1) is 18.8 Å². The smallest absolute Gasteiger partial charge is 0.455 e. The highest BCUT2D eigenvalue weighted by Gasteiger charge is 2.57. The van der Waals surface area contributed by atoms with Crippen molar-refractivity contribution in [1.82, 2.24) is 21.3 Å². The molecule has 262 valence electrons. The number of fused-ring (bicyclic) bond motifs is 1. The van der Waals surface area contributed by atoms with Crippen LogP contribution in [-0.4, -0.2) is 97.8 Å². The van der Waals surface area contributed by atoms with Gasteiger partial charge in [-0.05, 0) is 32.4 Å². The van der Waals surface area contributed by atoms with Crippen LogP contribution in [0.4, 0.5) is 36.8 Å². The molecule has 0 saturated heterocycles. The first-order valence-corrected chi connectivity index (χ1v) is 14.0. The number of benzene rings is 1. The van der Waals surface area contributed by atoms with Crippen molar-refractivity contribution in [3.8, 4) is 5.75 Å². The van der Waals surface area contributed by atoms with E-state index in [2.05, 4.69) is 16.0 Å². The Morgan fingerprint density at radius 3 is 2.32 bits per heavy atom. The van der Waals surface area contributed by atoms with Gasteiger partial charge in [0, 0.05) is 32.0 Å². The lowest BCUT2D eigenvalue weighted by Gasteiger charge is -2.27. The van der Waals surface area contributed by atoms with Gasteiger partial charge in [-0.2, -0.15) is 22.0 Å². The van der Waals surface area contributed by atoms with Gasteiger partial charge in [-0.1, -0.05) is 0 Å². The maximum atomic E-state index is 14.2. The van der Waals surface area contributed by atoms with E-state index in [1.54, 1.807) is 0 Å². The summed E-state index contributed by atoms with van der Waals surface area (Å²) in [7, 11) is 0. The fourth-order valence-electron chi connectivity index (χ4n) is 3.95. The number of carboxylic acids is 1. The van der Waals surface area contributed by atoms with Crippen LogP contribution in [0.2, 0.25) is 0 Å². The van der Waals surface area contributed by atoms with Crippen LogP contribution in [0.3, 0.4) is 0 Å². The van der Waals surface area contributed by atoms with E-state index in [0.717, 1.165) is 24.0 Å². The normalized spacial score (nSPS) is 16.9. The molecule has 0 unspecified atom stereocenters. The van der Waals surface area contributed by atoms with Gasteiger partial charge < -0.3 is 40.7 Å². The lowest BCUT2D eigenvalue weighted by Crippen LogP contribution is -2.57. The minimum atomic E-state index is -5.95. The highest BCUT2D eigenvalue weighted by atomic mass is 19.4. The fourth-order valence-corrected chi connectivity index (χ4v) is 3.95. The summed E-state index contributed by atoms with van der Waals surface area (Å²) in [6, 6.07) is 1.55. The van der Waals surface area contributed by atoms with E-state index >= 15 is 0 Å². The third-order valence-corrected chi connectivity index (χ3v) is 6.57. The highest BCUT2D eigenvalue weighted by Crippen LogP contribution is 2.35. The van der Waals surface area contributed by atoms with Crippen LogP contribution in [0.5, 0.6) is 5.75 Å². The van der Waals surface area contributed by atoms with Crippen molar-refractivity contribution in [2.24, 2.45) is 5.92 Å². The minimum Gasteiger partial charge on any atom is -0.486 e. The first-order chi connectivity index (χ1) is 21.8. The number of alkyl halides is 5. The number of alkyl carbamates (subject to hydrolysis) is 1. The van der Waals surface area contributed by atoms with Crippen LogP contribution in [0.25, 0.3) is 0 Å². The monoisotopic (exact) mass is 685 g/mol. The van der Waals surface area contributed by atoms with Gasteiger partial charge in [-0.25, -0.2) is 9.18 Å². The molecule has 1 heterocycles. The molecule has 1 aromatic carbocycles. The molecule has 0 fully saturated rings. The van der Waals surface area contributed by atoms with E-state index in [1.165, 1.54) is 18.3 Å². The lowest BCUT2D eigenvalue weighted by atomic mass is 10.1. The molecule has 20 heteroatoms. The summed E-state index contributed by atoms with van der Waals surface area (Å²) in [5.41, 5.74) is -0.117. The largest absolute Gasteiger partial charge is 0.486 e. The van der Waals surface area contributed by atoms with E-state index in [-0.39, 0.29) is 43.8 Å². The van der Waals surface area contributed by atoms with Crippen molar-refractivity contribution in [3.63, 3.8) is 0 Å². The SMILES string of the molecule is C[C@H](C(=O)NCC(F)(F)C(F)(F)F)C(=O)N[C@@H]1C(=O)N(CCOC(=O)NCCNC(=O)CCCC(=O)O)c2cc(F)ccc2O[C@@H]1C. The Balaban J connectivity index is 2.01. The molecule has 0 spiro atoms. The van der Waals surface area contributed by atoms with Crippen LogP contribution in [0, 0.1) is 11.7 Å². The number of nitrogens with one attached hydrogen (secondary N) is 4. The van der Waals surface area contributed by atoms with Gasteiger partial charge in [-0.15, -0.1) is 0 Å². The zero-order chi connectivity index (χ0) is 35.5. The zero-order valence-corrected chi connectivity index (χ0v) is 25.0. The molecule has 1 aliphatic heterocycles. The molecule has 47 heavy (non-hydrogen) atoms. The first-order valence-electron chi connectivity index (χ1n) is 14.0. The van der Waals surface area contributed by atoms with Crippen molar-refractivity contribution in [2.75, 3.05) is 37.7 Å². The molecule has 14 nitrogen and oxygen atoms in total. The highest BCUT2D eigenvalue weighted by molar-refractivity contribution is 6.05. The molecule has 0 aliphatic carbocycles. The lowest BCUT2D eigenvalue weighted by molar-refractivity contribution is -0.278. The molecule has 0 radical (unpaired) electrons. The maximum Gasteiger partial charge on any atom is 0.455 e. The van der Waals surface area contributed by atoms with Crippen LogP contribution in [0.1, 0.15) is 33.1 Å². The first kappa shape index (κ1) is 38.4. The van der Waals surface area contributed by atoms with Gasteiger partial charge in [0.25, 0.3) is 5.91 Å². The Labute approximate surface area is 263 Å². The van der Waals surface area contributed by atoms with Crippen LogP contribution in [-0.2, 0) is 28.7 Å². The van der Waals surface area contributed by atoms with Crippen molar-refractivity contribution < 1.29 is 69.7 Å². The number of carbonyl (C=O) groups is 6. The molecule has 0 aromatic heterocycles. The molecule has 3 atom stereocenters. The predicted molar refractivity (Wildman–Crippen MR) is 148 cm³/mol. The Hall–Kier alpha value is -4.78. The molecule has 1 aliphatic rings. The zero-order valence-electron chi connectivity index (χ0n) is 25.0. The summed E-state index contributed by atoms with van der Waals surface area (Å²) >= 11 is 0. The topological polar surface area (TPSA) is 192 Å². The molecular weight excluding hydrogens is 652 g/mol. The number of rotatable bonds is 15. The third-order valence-electron chi connectivity index (χ3n) is 6.57. The van der Waals surface area contributed by atoms with Gasteiger partial charge in [0.15, 0.2) is 0 Å². The van der Waals surface area contributed by atoms with Crippen molar-refractivity contribution in [1.29, 1.82) is 0 Å². The number of halogens is 6. The molecule has 0 bridgehead atoms. The van der Waals surface area contributed by atoms with Crippen LogP contribution >= 0.6 is 0 Å². The van der Waals surface area contributed by atoms with Gasteiger partial charge in [-0.3, -0.25) is 24.0 Å². The van der Waals surface area contributed by atoms with Crippen LogP contribution < -0.4 is 30.9 Å². The Morgan fingerprint density at radius 2 is 1.68 bits per heavy atom. The Morgan fingerprint density at radius 1 is 1.02 bits per heavy atom. The molecule has 5 amide bonds. The number of hydrogen-bond acceptors (Lipinski definition) is 8. The number of hydrogen-bond donors (Lipinski definition) is 5. The maximum absolute atomic E-state index is 14.2. The number of aliphatic carboxylic acids is 1. The quantitative estimate of drug-likeness (QED) is 0.103. The molecule has 0 saturated carbocycles. The second kappa shape index (κ2) is 16.7. The second-order valence-corrected chi connectivity index (χ2v) is 10.2. The number of ether oxygens (including phenoxy) is 2. The molecular formula is C27H33F6N5O9. The standard InChI is InChI=1S/C27H33F6N5O9/c1-14(22(42)36-13-26(29,30)27(31,32)33)23(43)37-21-15(2)47-18-7-6-16(28)12-17(18)38(24(21)44)10-11-46-25(45)35-9-8-34-19(39)4-3-5-20(40)41/h6-7,12,14-15,21H,3-5,8-11,13H2,1-2H3,(H,34,39)(H,35,45)(H,36,42)(H,37,43)(H,40,41)/t14-,15-,21+/m1/s1. The van der Waals surface area contributed by atoms with Gasteiger partial charge in [0.2, 0.25) is 17.7 Å².